The zero-order chi connectivity index (χ0) is 20.8. The number of fused-ring (bicyclic) bond motifs is 3. The van der Waals surface area contributed by atoms with Gasteiger partial charge in [0.2, 0.25) is 0 Å². The average Bonchev–Trinajstić information content (AvgIpc) is 2.78. The number of ketones is 2. The van der Waals surface area contributed by atoms with Crippen molar-refractivity contribution in [2.45, 2.75) is 4.90 Å². The number of nitrogen functional groups attached to an aromatic ring is 1. The fraction of sp³-hybridized carbons (Fsp3) is 0. The van der Waals surface area contributed by atoms with Gasteiger partial charge < -0.3 is 15.6 Å². The monoisotopic (exact) mass is 434 g/mol. The van der Waals surface area contributed by atoms with Gasteiger partial charge in [0.15, 0.2) is 11.6 Å². The number of hydrogen-bond acceptors (Lipinski definition) is 6. The van der Waals surface area contributed by atoms with Crippen LogP contribution in [-0.2, 0) is 0 Å². The van der Waals surface area contributed by atoms with Gasteiger partial charge in [-0.3, -0.25) is 9.59 Å². The number of carbonyl (C=O) groups excluding carboxylic acids is 2. The Hall–Kier alpha value is -2.61. The van der Waals surface area contributed by atoms with Crippen LogP contribution in [0.4, 0.5) is 17.1 Å². The number of nitrogens with one attached hydrogen (secondary N) is 1. The summed E-state index contributed by atoms with van der Waals surface area (Å²) >= 11 is 0.202. The van der Waals surface area contributed by atoms with Crippen molar-refractivity contribution in [3.63, 3.8) is 0 Å². The van der Waals surface area contributed by atoms with Crippen LogP contribution >= 0.6 is 12.0 Å². The Morgan fingerprint density at radius 2 is 1.39 bits per heavy atom. The Labute approximate surface area is 205 Å². The molecule has 5 rings (SSSR count). The van der Waals surface area contributed by atoms with Gasteiger partial charge >= 0.3 is 29.6 Å². The van der Waals surface area contributed by atoms with Gasteiger partial charge in [-0.15, -0.1) is 0 Å². The summed E-state index contributed by atoms with van der Waals surface area (Å²) in [4.78, 5) is 26.7. The average molecular weight is 434 g/mol. The third-order valence-corrected chi connectivity index (χ3v) is 5.84. The zero-order valence-electron chi connectivity index (χ0n) is 16.6. The van der Waals surface area contributed by atoms with Gasteiger partial charge in [0, 0.05) is 21.7 Å². The molecule has 5 nitrogen and oxygen atoms in total. The molecule has 0 saturated carbocycles. The summed E-state index contributed by atoms with van der Waals surface area (Å²) < 4.78 is 11.7. The Balaban J connectivity index is 0.00000231. The van der Waals surface area contributed by atoms with Crippen molar-refractivity contribution in [1.82, 2.24) is 0 Å². The van der Waals surface area contributed by atoms with Crippen molar-refractivity contribution in [2.24, 2.45) is 0 Å². The Kier molecular flexibility index (Phi) is 5.92. The molecule has 4 aromatic carbocycles. The predicted molar refractivity (Wildman–Crippen MR) is 118 cm³/mol. The van der Waals surface area contributed by atoms with Crippen LogP contribution in [0, 0.1) is 0 Å². The van der Waals surface area contributed by atoms with Crippen LogP contribution in [0.15, 0.2) is 77.7 Å². The summed E-state index contributed by atoms with van der Waals surface area (Å²) in [7, 11) is 0. The van der Waals surface area contributed by atoms with Crippen LogP contribution in [0.1, 0.15) is 31.8 Å². The first kappa shape index (κ1) is 21.6. The molecule has 146 valence electrons. The number of anilines is 3. The second kappa shape index (κ2) is 8.49. The summed E-state index contributed by atoms with van der Waals surface area (Å²) in [6.07, 6.45) is 0. The maximum absolute atomic E-state index is 13.3. The van der Waals surface area contributed by atoms with Gasteiger partial charge in [0.1, 0.15) is 0 Å². The standard InChI is InChI=1S/C24H16N2O3S.Na/c25-22-19(30-29)12-18(26-15-10-9-13-5-1-2-6-14(13)11-15)20-21(22)24(28)17-8-4-3-7-16(17)23(20)27;/h1-12,26,29H,25H2;/q;+1/p-1. The molecule has 4 aromatic rings. The van der Waals surface area contributed by atoms with Gasteiger partial charge in [0.05, 0.1) is 22.5 Å². The second-order valence-corrected chi connectivity index (χ2v) is 7.67. The van der Waals surface area contributed by atoms with Crippen LogP contribution in [0.3, 0.4) is 0 Å². The molecule has 0 amide bonds. The molecule has 0 fully saturated rings. The fourth-order valence-corrected chi connectivity index (χ4v) is 4.24. The van der Waals surface area contributed by atoms with Gasteiger partial charge in [-0.1, -0.05) is 54.6 Å². The molecule has 0 unspecified atom stereocenters. The molecule has 0 heterocycles. The molecule has 31 heavy (non-hydrogen) atoms. The summed E-state index contributed by atoms with van der Waals surface area (Å²) in [5.74, 6) is -0.646. The molecule has 0 aliphatic heterocycles. The normalized spacial score (nSPS) is 12.2. The first-order valence-electron chi connectivity index (χ1n) is 9.29. The van der Waals surface area contributed by atoms with Crippen molar-refractivity contribution in [1.29, 1.82) is 0 Å². The first-order valence-corrected chi connectivity index (χ1v) is 10.0. The predicted octanol–water partition coefficient (Wildman–Crippen LogP) is 2.17. The molecule has 0 saturated heterocycles. The Morgan fingerprint density at radius 3 is 2.06 bits per heavy atom. The van der Waals surface area contributed by atoms with Crippen LogP contribution < -0.4 is 40.6 Å². The number of nitrogens with two attached hydrogens (primary N) is 1. The smallest absolute Gasteiger partial charge is 0.795 e. The maximum Gasteiger partial charge on any atom is 1.00 e. The second-order valence-electron chi connectivity index (χ2n) is 7.06. The minimum absolute atomic E-state index is 0. The summed E-state index contributed by atoms with van der Waals surface area (Å²) in [5, 5.41) is 5.33. The molecule has 1 aliphatic rings. The molecule has 3 N–H and O–H groups in total. The molecule has 7 heteroatoms. The van der Waals surface area contributed by atoms with Gasteiger partial charge in [-0.2, -0.15) is 0 Å². The van der Waals surface area contributed by atoms with E-state index in [1.54, 1.807) is 30.3 Å². The van der Waals surface area contributed by atoms with Crippen molar-refractivity contribution in [2.75, 3.05) is 11.1 Å². The van der Waals surface area contributed by atoms with Crippen LogP contribution in [0.5, 0.6) is 0 Å². The van der Waals surface area contributed by atoms with Crippen molar-refractivity contribution >= 4 is 51.4 Å². The molecule has 0 spiro atoms. The van der Waals surface area contributed by atoms with E-state index >= 15 is 0 Å². The summed E-state index contributed by atoms with van der Waals surface area (Å²) in [5.41, 5.74) is 8.22. The van der Waals surface area contributed by atoms with Crippen LogP contribution in [0.25, 0.3) is 10.8 Å². The minimum atomic E-state index is -0.352. The van der Waals surface area contributed by atoms with Crippen molar-refractivity contribution in [3.05, 3.63) is 95.1 Å². The van der Waals surface area contributed by atoms with E-state index in [0.717, 1.165) is 16.5 Å². The van der Waals surface area contributed by atoms with E-state index in [1.807, 2.05) is 42.5 Å². The fourth-order valence-electron chi connectivity index (χ4n) is 3.88. The van der Waals surface area contributed by atoms with Gasteiger partial charge in [0.25, 0.3) is 0 Å². The van der Waals surface area contributed by atoms with E-state index in [9.17, 15) is 14.1 Å². The van der Waals surface area contributed by atoms with Crippen molar-refractivity contribution < 1.29 is 43.7 Å². The van der Waals surface area contributed by atoms with E-state index in [-0.39, 0.29) is 74.9 Å². The number of carbonyl (C=O) groups is 2. The third-order valence-electron chi connectivity index (χ3n) is 5.32. The van der Waals surface area contributed by atoms with E-state index < -0.39 is 0 Å². The van der Waals surface area contributed by atoms with E-state index in [0.29, 0.717) is 16.8 Å². The number of hydrogen-bond donors (Lipinski definition) is 2. The van der Waals surface area contributed by atoms with Crippen molar-refractivity contribution in [3.8, 4) is 0 Å². The van der Waals surface area contributed by atoms with E-state index in [2.05, 4.69) is 5.32 Å². The SMILES string of the molecule is Nc1c(S[O-])cc(Nc2ccc3ccccc3c2)c2c1C(=O)c1ccccc1C2=O.[Na+]. The van der Waals surface area contributed by atoms with Gasteiger partial charge in [-0.05, 0) is 29.0 Å². The van der Waals surface area contributed by atoms with E-state index in [4.69, 9.17) is 5.73 Å². The number of benzene rings is 4. The molecule has 0 radical (unpaired) electrons. The zero-order valence-corrected chi connectivity index (χ0v) is 19.5. The molecule has 0 aromatic heterocycles. The third kappa shape index (κ3) is 3.56. The Morgan fingerprint density at radius 1 is 0.774 bits per heavy atom. The summed E-state index contributed by atoms with van der Waals surface area (Å²) in [6, 6.07) is 21.9. The molecule has 1 aliphatic carbocycles. The molecule has 0 bridgehead atoms. The maximum atomic E-state index is 13.3. The van der Waals surface area contributed by atoms with Crippen LogP contribution in [-0.4, -0.2) is 16.1 Å². The van der Waals surface area contributed by atoms with Crippen LogP contribution in [0.2, 0.25) is 0 Å². The molecular formula is C24H15N2NaO3S. The molecular weight excluding hydrogens is 419 g/mol. The number of rotatable bonds is 3. The topological polar surface area (TPSA) is 95.2 Å². The Bertz CT molecular complexity index is 1370. The summed E-state index contributed by atoms with van der Waals surface area (Å²) in [6.45, 7) is 0. The quantitative estimate of drug-likeness (QED) is 0.257. The minimum Gasteiger partial charge on any atom is -0.795 e. The first-order chi connectivity index (χ1) is 14.6. The largest absolute Gasteiger partial charge is 1.00 e. The van der Waals surface area contributed by atoms with E-state index in [1.165, 1.54) is 0 Å². The van der Waals surface area contributed by atoms with Gasteiger partial charge in [-0.25, -0.2) is 12.0 Å². The molecule has 0 atom stereocenters.